The number of amides is 2. The van der Waals surface area contributed by atoms with Gasteiger partial charge < -0.3 is 19.5 Å². The number of anilines is 1. The van der Waals surface area contributed by atoms with Crippen LogP contribution in [0.15, 0.2) is 16.7 Å². The molecule has 0 unspecified atom stereocenters. The van der Waals surface area contributed by atoms with Gasteiger partial charge >= 0.3 is 0 Å². The molecule has 1 aromatic carbocycles. The van der Waals surface area contributed by atoms with Gasteiger partial charge in [0.25, 0.3) is 5.91 Å². The fourth-order valence-corrected chi connectivity index (χ4v) is 2.35. The molecule has 2 aromatic rings. The second-order valence-corrected chi connectivity index (χ2v) is 6.01. The number of aromatic nitrogens is 2. The molecule has 0 spiro atoms. The van der Waals surface area contributed by atoms with Gasteiger partial charge in [-0.25, -0.2) is 8.78 Å². The molecule has 1 heterocycles. The Morgan fingerprint density at radius 2 is 2.00 bits per heavy atom. The molecule has 0 fully saturated rings. The minimum Gasteiger partial charge on any atom is -0.372 e. The number of rotatable bonds is 9. The molecular formula is C18H22F2N4O4. The Kier molecular flexibility index (Phi) is 7.56. The molecule has 0 radical (unpaired) electrons. The van der Waals surface area contributed by atoms with Crippen LogP contribution in [-0.4, -0.2) is 47.1 Å². The molecule has 0 aliphatic heterocycles. The summed E-state index contributed by atoms with van der Waals surface area (Å²) in [7, 11) is 1.42. The highest BCUT2D eigenvalue weighted by atomic mass is 19.1. The fraction of sp³-hybridized carbons (Fsp3) is 0.444. The molecule has 0 aliphatic rings. The summed E-state index contributed by atoms with van der Waals surface area (Å²) in [5.41, 5.74) is -0.713. The SMILES string of the molecule is CCCc1noc(CN(C)C(=O)c2cc(NC(=O)COCC)c(F)cc2F)n1. The summed E-state index contributed by atoms with van der Waals surface area (Å²) in [5, 5.41) is 6.04. The molecule has 2 rings (SSSR count). The average molecular weight is 396 g/mol. The third-order valence-electron chi connectivity index (χ3n) is 3.70. The van der Waals surface area contributed by atoms with Crippen LogP contribution in [0.4, 0.5) is 14.5 Å². The highest BCUT2D eigenvalue weighted by molar-refractivity contribution is 5.97. The van der Waals surface area contributed by atoms with E-state index in [1.165, 1.54) is 7.05 Å². The van der Waals surface area contributed by atoms with Gasteiger partial charge in [-0.15, -0.1) is 0 Å². The van der Waals surface area contributed by atoms with Crippen LogP contribution in [-0.2, 0) is 22.5 Å². The van der Waals surface area contributed by atoms with Crippen molar-refractivity contribution >= 4 is 17.5 Å². The first-order valence-electron chi connectivity index (χ1n) is 8.79. The number of halogens is 2. The highest BCUT2D eigenvalue weighted by Crippen LogP contribution is 2.21. The van der Waals surface area contributed by atoms with E-state index in [2.05, 4.69) is 15.5 Å². The first-order valence-corrected chi connectivity index (χ1v) is 8.79. The Labute approximate surface area is 160 Å². The van der Waals surface area contributed by atoms with Crippen molar-refractivity contribution < 1.29 is 27.6 Å². The van der Waals surface area contributed by atoms with Crippen LogP contribution in [0.25, 0.3) is 0 Å². The minimum atomic E-state index is -1.05. The Bertz CT molecular complexity index is 841. The van der Waals surface area contributed by atoms with Crippen LogP contribution < -0.4 is 5.32 Å². The van der Waals surface area contributed by atoms with Gasteiger partial charge in [-0.1, -0.05) is 12.1 Å². The molecule has 0 bridgehead atoms. The molecule has 0 atom stereocenters. The highest BCUT2D eigenvalue weighted by Gasteiger charge is 2.22. The van der Waals surface area contributed by atoms with Crippen LogP contribution in [0, 0.1) is 11.6 Å². The topological polar surface area (TPSA) is 97.6 Å². The molecule has 0 saturated carbocycles. The third kappa shape index (κ3) is 5.56. The molecule has 1 aromatic heterocycles. The van der Waals surface area contributed by atoms with Gasteiger partial charge in [-0.05, 0) is 19.4 Å². The summed E-state index contributed by atoms with van der Waals surface area (Å²) in [6, 6.07) is 1.49. The Morgan fingerprint density at radius 1 is 1.25 bits per heavy atom. The van der Waals surface area contributed by atoms with Crippen LogP contribution in [0.5, 0.6) is 0 Å². The smallest absolute Gasteiger partial charge is 0.257 e. The summed E-state index contributed by atoms with van der Waals surface area (Å²) in [6.07, 6.45) is 1.48. The maximum atomic E-state index is 14.1. The van der Waals surface area contributed by atoms with Gasteiger partial charge in [0.05, 0.1) is 17.8 Å². The number of benzene rings is 1. The van der Waals surface area contributed by atoms with Gasteiger partial charge in [-0.3, -0.25) is 9.59 Å². The van der Waals surface area contributed by atoms with E-state index in [4.69, 9.17) is 9.26 Å². The maximum Gasteiger partial charge on any atom is 0.257 e. The number of hydrogen-bond donors (Lipinski definition) is 1. The van der Waals surface area contributed by atoms with Crippen LogP contribution >= 0.6 is 0 Å². The molecule has 1 N–H and O–H groups in total. The summed E-state index contributed by atoms with van der Waals surface area (Å²) in [5.74, 6) is -2.67. The number of carbonyl (C=O) groups excluding carboxylic acids is 2. The van der Waals surface area contributed by atoms with E-state index in [9.17, 15) is 18.4 Å². The standard InChI is InChI=1S/C18H22F2N4O4/c1-4-6-15-22-17(28-23-15)9-24(3)18(26)11-7-14(13(20)8-12(11)19)21-16(25)10-27-5-2/h7-8H,4-6,9-10H2,1-3H3,(H,21,25). The van der Waals surface area contributed by atoms with Crippen molar-refractivity contribution in [3.05, 3.63) is 41.0 Å². The van der Waals surface area contributed by atoms with Gasteiger partial charge in [0.15, 0.2) is 5.82 Å². The first-order chi connectivity index (χ1) is 13.3. The number of nitrogens with one attached hydrogen (secondary N) is 1. The van der Waals surface area contributed by atoms with Crippen molar-refractivity contribution in [3.8, 4) is 0 Å². The van der Waals surface area contributed by atoms with Crippen LogP contribution in [0.3, 0.4) is 0 Å². The molecule has 0 saturated heterocycles. The number of carbonyl (C=O) groups is 2. The number of aryl methyl sites for hydroxylation is 1. The van der Waals surface area contributed by atoms with Crippen molar-refractivity contribution in [3.63, 3.8) is 0 Å². The van der Waals surface area contributed by atoms with E-state index in [0.717, 1.165) is 17.4 Å². The van der Waals surface area contributed by atoms with Crippen molar-refractivity contribution in [2.24, 2.45) is 0 Å². The molecule has 10 heteroatoms. The zero-order valence-corrected chi connectivity index (χ0v) is 15.9. The second-order valence-electron chi connectivity index (χ2n) is 6.01. The quantitative estimate of drug-likeness (QED) is 0.700. The first kappa shape index (κ1) is 21.4. The normalized spacial score (nSPS) is 10.8. The predicted molar refractivity (Wildman–Crippen MR) is 95.6 cm³/mol. The average Bonchev–Trinajstić information content (AvgIpc) is 3.09. The maximum absolute atomic E-state index is 14.1. The number of ether oxygens (including phenoxy) is 1. The summed E-state index contributed by atoms with van der Waals surface area (Å²) < 4.78 is 38.1. The van der Waals surface area contributed by atoms with Crippen LogP contribution in [0.2, 0.25) is 0 Å². The predicted octanol–water partition coefficient (Wildman–Crippen LogP) is 2.55. The van der Waals surface area contributed by atoms with E-state index in [0.29, 0.717) is 24.9 Å². The number of nitrogens with zero attached hydrogens (tertiary/aromatic N) is 3. The lowest BCUT2D eigenvalue weighted by molar-refractivity contribution is -0.120. The van der Waals surface area contributed by atoms with E-state index in [1.54, 1.807) is 6.92 Å². The summed E-state index contributed by atoms with van der Waals surface area (Å²) in [6.45, 7) is 3.65. The second kappa shape index (κ2) is 9.88. The lowest BCUT2D eigenvalue weighted by Gasteiger charge is -2.16. The van der Waals surface area contributed by atoms with E-state index in [1.807, 2.05) is 6.92 Å². The van der Waals surface area contributed by atoms with E-state index in [-0.39, 0.29) is 24.7 Å². The van der Waals surface area contributed by atoms with Crippen LogP contribution in [0.1, 0.15) is 42.3 Å². The van der Waals surface area contributed by atoms with Gasteiger partial charge in [0.1, 0.15) is 18.2 Å². The van der Waals surface area contributed by atoms with Crippen molar-refractivity contribution in [2.45, 2.75) is 33.2 Å². The molecule has 152 valence electrons. The lowest BCUT2D eigenvalue weighted by Crippen LogP contribution is -2.28. The zero-order valence-electron chi connectivity index (χ0n) is 15.9. The molecule has 0 aliphatic carbocycles. The summed E-state index contributed by atoms with van der Waals surface area (Å²) >= 11 is 0. The van der Waals surface area contributed by atoms with Crippen molar-refractivity contribution in [2.75, 3.05) is 25.6 Å². The third-order valence-corrected chi connectivity index (χ3v) is 3.70. The Morgan fingerprint density at radius 3 is 2.68 bits per heavy atom. The van der Waals surface area contributed by atoms with E-state index < -0.39 is 29.0 Å². The zero-order chi connectivity index (χ0) is 20.7. The van der Waals surface area contributed by atoms with Gasteiger partial charge in [-0.2, -0.15) is 4.98 Å². The van der Waals surface area contributed by atoms with Gasteiger partial charge in [0, 0.05) is 26.1 Å². The van der Waals surface area contributed by atoms with Gasteiger partial charge in [0.2, 0.25) is 11.8 Å². The van der Waals surface area contributed by atoms with Crippen molar-refractivity contribution in [1.29, 1.82) is 0 Å². The minimum absolute atomic E-state index is 0.0433. The molecule has 28 heavy (non-hydrogen) atoms. The Balaban J connectivity index is 2.14. The van der Waals surface area contributed by atoms with Crippen molar-refractivity contribution in [1.82, 2.24) is 15.0 Å². The molecule has 8 nitrogen and oxygen atoms in total. The fourth-order valence-electron chi connectivity index (χ4n) is 2.35. The summed E-state index contributed by atoms with van der Waals surface area (Å²) in [4.78, 5) is 29.6. The Hall–Kier alpha value is -2.88. The lowest BCUT2D eigenvalue weighted by atomic mass is 10.1. The monoisotopic (exact) mass is 396 g/mol. The largest absolute Gasteiger partial charge is 0.372 e. The van der Waals surface area contributed by atoms with E-state index >= 15 is 0 Å². The molecular weight excluding hydrogens is 374 g/mol. The molecule has 2 amide bonds. The number of hydrogen-bond acceptors (Lipinski definition) is 6.